The Kier molecular flexibility index (Phi) is 5.30. The maximum Gasteiger partial charge on any atom is 0.411 e. The van der Waals surface area contributed by atoms with Gasteiger partial charge in [0.15, 0.2) is 0 Å². The molecule has 21 heavy (non-hydrogen) atoms. The third kappa shape index (κ3) is 4.27. The van der Waals surface area contributed by atoms with Crippen molar-refractivity contribution in [3.05, 3.63) is 39.5 Å². The highest BCUT2D eigenvalue weighted by molar-refractivity contribution is 7.10. The molecule has 7 heteroatoms. The Morgan fingerprint density at radius 1 is 1.43 bits per heavy atom. The van der Waals surface area contributed by atoms with Crippen molar-refractivity contribution in [3.8, 4) is 0 Å². The van der Waals surface area contributed by atoms with Gasteiger partial charge < -0.3 is 15.8 Å². The summed E-state index contributed by atoms with van der Waals surface area (Å²) in [5, 5.41) is 8.52. The first kappa shape index (κ1) is 15.5. The van der Waals surface area contributed by atoms with Crippen LogP contribution in [0.2, 0.25) is 5.02 Å². The van der Waals surface area contributed by atoms with Crippen LogP contribution in [0.4, 0.5) is 21.9 Å². The molecule has 0 radical (unpaired) electrons. The number of carbonyl (C=O) groups excluding carboxylic acids is 1. The molecule has 0 fully saturated rings. The zero-order valence-corrected chi connectivity index (χ0v) is 13.1. The number of nitrogen functional groups attached to an aromatic ring is 1. The van der Waals surface area contributed by atoms with Crippen LogP contribution in [0, 0.1) is 0 Å². The molecule has 0 saturated heterocycles. The van der Waals surface area contributed by atoms with Crippen LogP contribution in [-0.4, -0.2) is 12.7 Å². The summed E-state index contributed by atoms with van der Waals surface area (Å²) in [5.74, 6) is 0. The zero-order chi connectivity index (χ0) is 15.2. The van der Waals surface area contributed by atoms with Crippen LogP contribution in [0.5, 0.6) is 0 Å². The van der Waals surface area contributed by atoms with Gasteiger partial charge in [0.05, 0.1) is 29.5 Å². The van der Waals surface area contributed by atoms with Crippen molar-refractivity contribution < 1.29 is 9.53 Å². The third-order valence-electron chi connectivity index (χ3n) is 2.71. The minimum atomic E-state index is -0.518. The smallest absolute Gasteiger partial charge is 0.411 e. The Morgan fingerprint density at radius 3 is 2.86 bits per heavy atom. The Morgan fingerprint density at radius 2 is 2.24 bits per heavy atom. The van der Waals surface area contributed by atoms with Crippen molar-refractivity contribution in [1.29, 1.82) is 0 Å². The molecule has 2 rings (SSSR count). The molecule has 0 aliphatic carbocycles. The molecule has 112 valence electrons. The minimum absolute atomic E-state index is 0.312. The second kappa shape index (κ2) is 7.19. The zero-order valence-electron chi connectivity index (χ0n) is 11.5. The molecule has 1 amide bonds. The average molecular weight is 326 g/mol. The molecular weight excluding hydrogens is 310 g/mol. The predicted octanol–water partition coefficient (Wildman–Crippen LogP) is 4.16. The number of halogens is 1. The van der Waals surface area contributed by atoms with E-state index in [0.29, 0.717) is 24.5 Å². The Bertz CT molecular complexity index is 630. The lowest BCUT2D eigenvalue weighted by Gasteiger charge is -2.11. The third-order valence-corrected chi connectivity index (χ3v) is 4.09. The van der Waals surface area contributed by atoms with Gasteiger partial charge in [0.25, 0.3) is 0 Å². The molecule has 0 saturated carbocycles. The van der Waals surface area contributed by atoms with Crippen LogP contribution < -0.4 is 16.4 Å². The van der Waals surface area contributed by atoms with E-state index in [2.05, 4.69) is 10.6 Å². The van der Waals surface area contributed by atoms with Gasteiger partial charge in [-0.2, -0.15) is 0 Å². The number of carbonyl (C=O) groups is 1. The average Bonchev–Trinajstić information content (AvgIpc) is 2.85. The molecular formula is C14H16ClN3O2S. The first-order valence-corrected chi connectivity index (χ1v) is 7.65. The standard InChI is InChI=1S/C14H16ClN3O2S/c1-2-20-14(19)18-12-4-3-9(7-11(12)16)17-8-13-10(15)5-6-21-13/h3-7,17H,2,8,16H2,1H3,(H,18,19). The van der Waals surface area contributed by atoms with E-state index in [0.717, 1.165) is 15.6 Å². The van der Waals surface area contributed by atoms with Crippen LogP contribution in [0.25, 0.3) is 0 Å². The summed E-state index contributed by atoms with van der Waals surface area (Å²) in [5.41, 5.74) is 7.75. The van der Waals surface area contributed by atoms with Gasteiger partial charge in [-0.15, -0.1) is 11.3 Å². The van der Waals surface area contributed by atoms with Crippen LogP contribution in [0.1, 0.15) is 11.8 Å². The molecule has 0 bridgehead atoms. The number of anilines is 3. The summed E-state index contributed by atoms with van der Waals surface area (Å²) in [6.45, 7) is 2.68. The monoisotopic (exact) mass is 325 g/mol. The van der Waals surface area contributed by atoms with E-state index in [1.54, 1.807) is 30.4 Å². The first-order chi connectivity index (χ1) is 10.1. The number of thiophene rings is 1. The van der Waals surface area contributed by atoms with Crippen molar-refractivity contribution >= 4 is 46.1 Å². The summed E-state index contributed by atoms with van der Waals surface area (Å²) >= 11 is 7.62. The summed E-state index contributed by atoms with van der Waals surface area (Å²) in [7, 11) is 0. The molecule has 0 aliphatic heterocycles. The number of benzene rings is 1. The number of nitrogens with one attached hydrogen (secondary N) is 2. The van der Waals surface area contributed by atoms with Crippen molar-refractivity contribution in [2.24, 2.45) is 0 Å². The number of ether oxygens (including phenoxy) is 1. The van der Waals surface area contributed by atoms with Crippen LogP contribution >= 0.6 is 22.9 Å². The minimum Gasteiger partial charge on any atom is -0.450 e. The molecule has 0 atom stereocenters. The van der Waals surface area contributed by atoms with E-state index in [1.165, 1.54) is 0 Å². The van der Waals surface area contributed by atoms with Gasteiger partial charge in [0, 0.05) is 10.6 Å². The predicted molar refractivity (Wildman–Crippen MR) is 88.2 cm³/mol. The maximum atomic E-state index is 11.4. The van der Waals surface area contributed by atoms with Gasteiger partial charge in [-0.25, -0.2) is 4.79 Å². The molecule has 1 aromatic carbocycles. The second-order valence-corrected chi connectivity index (χ2v) is 5.60. The van der Waals surface area contributed by atoms with Crippen molar-refractivity contribution in [2.45, 2.75) is 13.5 Å². The fourth-order valence-electron chi connectivity index (χ4n) is 1.70. The van der Waals surface area contributed by atoms with E-state index in [9.17, 15) is 4.79 Å². The number of rotatable bonds is 5. The summed E-state index contributed by atoms with van der Waals surface area (Å²) in [4.78, 5) is 12.4. The lowest BCUT2D eigenvalue weighted by molar-refractivity contribution is 0.168. The van der Waals surface area contributed by atoms with E-state index in [1.807, 2.05) is 17.5 Å². The highest BCUT2D eigenvalue weighted by Gasteiger charge is 2.07. The van der Waals surface area contributed by atoms with Crippen LogP contribution in [0.15, 0.2) is 29.6 Å². The van der Waals surface area contributed by atoms with E-state index in [-0.39, 0.29) is 0 Å². The van der Waals surface area contributed by atoms with Gasteiger partial charge in [-0.05, 0) is 36.6 Å². The largest absolute Gasteiger partial charge is 0.450 e. The van der Waals surface area contributed by atoms with Crippen molar-refractivity contribution in [1.82, 2.24) is 0 Å². The number of hydrogen-bond acceptors (Lipinski definition) is 5. The summed E-state index contributed by atoms with van der Waals surface area (Å²) in [6.07, 6.45) is -0.518. The molecule has 0 unspecified atom stereocenters. The Labute approximate surface area is 132 Å². The van der Waals surface area contributed by atoms with Crippen LogP contribution in [-0.2, 0) is 11.3 Å². The van der Waals surface area contributed by atoms with E-state index < -0.39 is 6.09 Å². The number of amides is 1. The molecule has 1 aromatic heterocycles. The van der Waals surface area contributed by atoms with E-state index >= 15 is 0 Å². The van der Waals surface area contributed by atoms with Gasteiger partial charge in [-0.1, -0.05) is 11.6 Å². The molecule has 1 heterocycles. The fourth-order valence-corrected chi connectivity index (χ4v) is 2.74. The van der Waals surface area contributed by atoms with Gasteiger partial charge in [0.1, 0.15) is 0 Å². The Balaban J connectivity index is 1.98. The highest BCUT2D eigenvalue weighted by atomic mass is 35.5. The normalized spacial score (nSPS) is 10.2. The molecule has 0 spiro atoms. The number of nitrogens with two attached hydrogens (primary N) is 1. The molecule has 0 aliphatic rings. The molecule has 2 aromatic rings. The summed E-state index contributed by atoms with van der Waals surface area (Å²) in [6, 6.07) is 7.18. The van der Waals surface area contributed by atoms with Crippen molar-refractivity contribution in [2.75, 3.05) is 23.0 Å². The van der Waals surface area contributed by atoms with Crippen LogP contribution in [0.3, 0.4) is 0 Å². The molecule has 5 nitrogen and oxygen atoms in total. The van der Waals surface area contributed by atoms with Crippen molar-refractivity contribution in [3.63, 3.8) is 0 Å². The highest BCUT2D eigenvalue weighted by Crippen LogP contribution is 2.26. The fraction of sp³-hybridized carbons (Fsp3) is 0.214. The second-order valence-electron chi connectivity index (χ2n) is 4.19. The SMILES string of the molecule is CCOC(=O)Nc1ccc(NCc2sccc2Cl)cc1N. The van der Waals surface area contributed by atoms with E-state index in [4.69, 9.17) is 22.1 Å². The topological polar surface area (TPSA) is 76.4 Å². The maximum absolute atomic E-state index is 11.4. The number of hydrogen-bond donors (Lipinski definition) is 3. The van der Waals surface area contributed by atoms with Gasteiger partial charge >= 0.3 is 6.09 Å². The molecule has 4 N–H and O–H groups in total. The first-order valence-electron chi connectivity index (χ1n) is 6.39. The Hall–Kier alpha value is -1.92. The summed E-state index contributed by atoms with van der Waals surface area (Å²) < 4.78 is 4.81. The quantitative estimate of drug-likeness (QED) is 0.721. The van der Waals surface area contributed by atoms with Gasteiger partial charge in [0.2, 0.25) is 0 Å². The lowest BCUT2D eigenvalue weighted by Crippen LogP contribution is -2.14. The van der Waals surface area contributed by atoms with Gasteiger partial charge in [-0.3, -0.25) is 5.32 Å². The lowest BCUT2D eigenvalue weighted by atomic mass is 10.2.